The van der Waals surface area contributed by atoms with Gasteiger partial charge in [0.05, 0.1) is 12.1 Å². The van der Waals surface area contributed by atoms with Crippen molar-refractivity contribution in [1.29, 1.82) is 0 Å². The molecule has 0 N–H and O–H groups in total. The van der Waals surface area contributed by atoms with Gasteiger partial charge in [0.2, 0.25) is 12.7 Å². The molecule has 0 saturated carbocycles. The number of amides is 3. The van der Waals surface area contributed by atoms with E-state index < -0.39 is 0 Å². The third-order valence-electron chi connectivity index (χ3n) is 5.33. The highest BCUT2D eigenvalue weighted by atomic mass is 16.7. The van der Waals surface area contributed by atoms with Crippen molar-refractivity contribution in [3.05, 3.63) is 59.7 Å². The number of nitrogens with zero attached hydrogens (tertiary/aromatic N) is 2. The van der Waals surface area contributed by atoms with Crippen molar-refractivity contribution in [3.8, 4) is 11.5 Å². The van der Waals surface area contributed by atoms with Crippen LogP contribution in [0.3, 0.4) is 0 Å². The Morgan fingerprint density at radius 2 is 1.85 bits per heavy atom. The zero-order chi connectivity index (χ0) is 19.0. The Kier molecular flexibility index (Phi) is 4.48. The molecule has 0 spiro atoms. The van der Waals surface area contributed by atoms with E-state index in [9.17, 15) is 9.59 Å². The topological polar surface area (TPSA) is 59.1 Å². The minimum absolute atomic E-state index is 0.0746. The van der Waals surface area contributed by atoms with Crippen molar-refractivity contribution < 1.29 is 19.1 Å². The van der Waals surface area contributed by atoms with Crippen LogP contribution in [0.5, 0.6) is 11.5 Å². The number of imide groups is 1. The number of rotatable bonds is 4. The molecule has 6 nitrogen and oxygen atoms in total. The highest BCUT2D eigenvalue weighted by molar-refractivity contribution is 5.97. The van der Waals surface area contributed by atoms with E-state index in [1.165, 1.54) is 4.90 Å². The molecule has 1 fully saturated rings. The van der Waals surface area contributed by atoms with E-state index in [1.54, 1.807) is 11.9 Å². The average Bonchev–Trinajstić information content (AvgIpc) is 3.24. The fourth-order valence-corrected chi connectivity index (χ4v) is 3.70. The third kappa shape index (κ3) is 3.12. The first kappa shape index (κ1) is 17.4. The highest BCUT2D eigenvalue weighted by Crippen LogP contribution is 2.36. The lowest BCUT2D eigenvalue weighted by Crippen LogP contribution is -2.36. The highest BCUT2D eigenvalue weighted by Gasteiger charge is 2.45. The number of benzene rings is 2. The molecule has 140 valence electrons. The van der Waals surface area contributed by atoms with Gasteiger partial charge in [-0.3, -0.25) is 9.69 Å². The second-order valence-electron chi connectivity index (χ2n) is 6.94. The van der Waals surface area contributed by atoms with Gasteiger partial charge in [-0.1, -0.05) is 36.4 Å². The largest absolute Gasteiger partial charge is 0.454 e. The molecule has 0 aliphatic carbocycles. The van der Waals surface area contributed by atoms with Gasteiger partial charge in [-0.15, -0.1) is 0 Å². The zero-order valence-corrected chi connectivity index (χ0v) is 15.4. The van der Waals surface area contributed by atoms with Crippen molar-refractivity contribution >= 4 is 11.9 Å². The van der Waals surface area contributed by atoms with E-state index in [0.29, 0.717) is 12.2 Å². The molecule has 4 rings (SSSR count). The quantitative estimate of drug-likeness (QED) is 0.832. The first-order valence-electron chi connectivity index (χ1n) is 9.08. The van der Waals surface area contributed by atoms with E-state index in [2.05, 4.69) is 0 Å². The smallest absolute Gasteiger partial charge is 0.327 e. The van der Waals surface area contributed by atoms with Gasteiger partial charge in [0.25, 0.3) is 0 Å². The Labute approximate surface area is 158 Å². The summed E-state index contributed by atoms with van der Waals surface area (Å²) in [6.07, 6.45) is 0.800. The summed E-state index contributed by atoms with van der Waals surface area (Å²) in [4.78, 5) is 28.7. The minimum Gasteiger partial charge on any atom is -0.454 e. The molecule has 0 aromatic heterocycles. The lowest BCUT2D eigenvalue weighted by Gasteiger charge is -2.24. The van der Waals surface area contributed by atoms with E-state index in [1.807, 2.05) is 55.5 Å². The Bertz CT molecular complexity index is 868. The van der Waals surface area contributed by atoms with Crippen LogP contribution in [-0.2, 0) is 11.2 Å². The Morgan fingerprint density at radius 1 is 1.11 bits per heavy atom. The molecule has 2 aliphatic heterocycles. The van der Waals surface area contributed by atoms with Crippen LogP contribution in [-0.4, -0.2) is 41.6 Å². The van der Waals surface area contributed by atoms with Gasteiger partial charge in [-0.05, 0) is 36.6 Å². The predicted molar refractivity (Wildman–Crippen MR) is 99.5 cm³/mol. The van der Waals surface area contributed by atoms with Gasteiger partial charge in [0.15, 0.2) is 11.5 Å². The lowest BCUT2D eigenvalue weighted by molar-refractivity contribution is -0.129. The maximum absolute atomic E-state index is 13.0. The summed E-state index contributed by atoms with van der Waals surface area (Å²) in [5, 5.41) is 0. The number of fused-ring (bicyclic) bond motifs is 1. The maximum Gasteiger partial charge on any atom is 0.327 e. The van der Waals surface area contributed by atoms with E-state index in [-0.39, 0.29) is 37.2 Å². The molecule has 2 aromatic carbocycles. The molecule has 1 saturated heterocycles. The number of ether oxygens (including phenoxy) is 2. The summed E-state index contributed by atoms with van der Waals surface area (Å²) in [6.45, 7) is 2.20. The molecule has 3 amide bonds. The summed E-state index contributed by atoms with van der Waals surface area (Å²) in [5.74, 6) is 1.26. The predicted octanol–water partition coefficient (Wildman–Crippen LogP) is 3.37. The van der Waals surface area contributed by atoms with Gasteiger partial charge in [-0.2, -0.15) is 0 Å². The number of carbonyl (C=O) groups excluding carboxylic acids is 2. The van der Waals surface area contributed by atoms with Gasteiger partial charge in [-0.25, -0.2) is 4.79 Å². The van der Waals surface area contributed by atoms with Crippen molar-refractivity contribution in [2.45, 2.75) is 31.8 Å². The van der Waals surface area contributed by atoms with Crippen molar-refractivity contribution in [2.24, 2.45) is 0 Å². The van der Waals surface area contributed by atoms with E-state index >= 15 is 0 Å². The Balaban J connectivity index is 1.51. The summed E-state index contributed by atoms with van der Waals surface area (Å²) >= 11 is 0. The summed E-state index contributed by atoms with van der Waals surface area (Å²) in [7, 11) is 1.74. The van der Waals surface area contributed by atoms with E-state index in [4.69, 9.17) is 9.47 Å². The Hall–Kier alpha value is -3.02. The second-order valence-corrected chi connectivity index (χ2v) is 6.94. The summed E-state index contributed by atoms with van der Waals surface area (Å²) in [5.41, 5.74) is 1.95. The van der Waals surface area contributed by atoms with Crippen LogP contribution in [0.25, 0.3) is 0 Å². The number of carbonyl (C=O) groups is 2. The molecule has 0 unspecified atom stereocenters. The van der Waals surface area contributed by atoms with Gasteiger partial charge < -0.3 is 14.4 Å². The molecule has 2 aromatic rings. The Morgan fingerprint density at radius 3 is 2.63 bits per heavy atom. The molecule has 2 heterocycles. The minimum atomic E-state index is -0.270. The standard InChI is InChI=1S/C21H22N2O4/c1-14-20(16-6-4-3-5-7-16)23(21(25)22(14)2)19(24)11-9-15-8-10-17-18(12-15)27-13-26-17/h3-8,10,12,14,20H,9,11,13H2,1-2H3/t14-,20-/m0/s1. The fourth-order valence-electron chi connectivity index (χ4n) is 3.70. The van der Waals surface area contributed by atoms with Gasteiger partial charge in [0, 0.05) is 13.5 Å². The fraction of sp³-hybridized carbons (Fsp3) is 0.333. The molecular weight excluding hydrogens is 344 g/mol. The number of hydrogen-bond donors (Lipinski definition) is 0. The average molecular weight is 366 g/mol. The normalized spacial score (nSPS) is 21.0. The van der Waals surface area contributed by atoms with Gasteiger partial charge >= 0.3 is 6.03 Å². The molecule has 6 heteroatoms. The molecule has 27 heavy (non-hydrogen) atoms. The van der Waals surface area contributed by atoms with Crippen LogP contribution in [0, 0.1) is 0 Å². The van der Waals surface area contributed by atoms with Crippen LogP contribution in [0.1, 0.15) is 30.5 Å². The molecule has 2 atom stereocenters. The number of likely N-dealkylation sites (N-methyl/N-ethyl adjacent to an activating group) is 1. The van der Waals surface area contributed by atoms with Gasteiger partial charge in [0.1, 0.15) is 0 Å². The molecular formula is C21H22N2O4. The first-order valence-corrected chi connectivity index (χ1v) is 9.08. The number of urea groups is 1. The van der Waals surface area contributed by atoms with Crippen molar-refractivity contribution in [3.63, 3.8) is 0 Å². The van der Waals surface area contributed by atoms with Crippen LogP contribution >= 0.6 is 0 Å². The van der Waals surface area contributed by atoms with E-state index in [0.717, 1.165) is 16.9 Å². The second kappa shape index (κ2) is 6.95. The number of hydrogen-bond acceptors (Lipinski definition) is 4. The lowest BCUT2D eigenvalue weighted by atomic mass is 9.99. The van der Waals surface area contributed by atoms with Crippen LogP contribution < -0.4 is 9.47 Å². The monoisotopic (exact) mass is 366 g/mol. The summed E-state index contributed by atoms with van der Waals surface area (Å²) < 4.78 is 10.7. The maximum atomic E-state index is 13.0. The molecule has 0 radical (unpaired) electrons. The van der Waals surface area contributed by atoms with Crippen LogP contribution in [0.15, 0.2) is 48.5 Å². The third-order valence-corrected chi connectivity index (χ3v) is 5.33. The molecule has 0 bridgehead atoms. The zero-order valence-electron chi connectivity index (χ0n) is 15.4. The van der Waals surface area contributed by atoms with Crippen molar-refractivity contribution in [1.82, 2.24) is 9.80 Å². The summed E-state index contributed by atoms with van der Waals surface area (Å²) in [6, 6.07) is 14.8. The molecule has 2 aliphatic rings. The first-order chi connectivity index (χ1) is 13.1. The number of aryl methyl sites for hydroxylation is 1. The van der Waals surface area contributed by atoms with Crippen LogP contribution in [0.2, 0.25) is 0 Å². The van der Waals surface area contributed by atoms with Crippen molar-refractivity contribution in [2.75, 3.05) is 13.8 Å². The van der Waals surface area contributed by atoms with Crippen LogP contribution in [0.4, 0.5) is 4.79 Å². The SMILES string of the molecule is C[C@H]1[C@@H](c2ccccc2)N(C(=O)CCc2ccc3c(c2)OCO3)C(=O)N1C.